The number of nitrogens with two attached hydrogens (primary N) is 1. The number of aryl methyl sites for hydroxylation is 2. The lowest BCUT2D eigenvalue weighted by molar-refractivity contribution is 0.674. The summed E-state index contributed by atoms with van der Waals surface area (Å²) in [5.41, 5.74) is 8.90. The van der Waals surface area contributed by atoms with Crippen LogP contribution in [0.4, 0.5) is 0 Å². The highest BCUT2D eigenvalue weighted by molar-refractivity contribution is 7.99. The van der Waals surface area contributed by atoms with E-state index in [1.807, 2.05) is 13.8 Å². The molecule has 0 bridgehead atoms. The maximum Gasteiger partial charge on any atom is 0.188 e. The summed E-state index contributed by atoms with van der Waals surface area (Å²) in [6, 6.07) is 0. The first-order chi connectivity index (χ1) is 7.04. The van der Waals surface area contributed by atoms with Gasteiger partial charge in [0.05, 0.1) is 0 Å². The van der Waals surface area contributed by atoms with Crippen molar-refractivity contribution in [1.29, 1.82) is 0 Å². The van der Waals surface area contributed by atoms with E-state index in [0.29, 0.717) is 5.92 Å². The quantitative estimate of drug-likeness (QED) is 0.629. The van der Waals surface area contributed by atoms with Crippen molar-refractivity contribution < 1.29 is 0 Å². The minimum absolute atomic E-state index is 0.514. The SMILES string of the molecule is Cc1nc(SCC(C)CN)nc(C)c1C. The summed E-state index contributed by atoms with van der Waals surface area (Å²) in [4.78, 5) is 8.90. The average Bonchev–Trinajstić information content (AvgIpc) is 2.22. The third kappa shape index (κ3) is 3.47. The fourth-order valence-electron chi connectivity index (χ4n) is 1.09. The average molecular weight is 225 g/mol. The Bertz CT molecular complexity index is 316. The van der Waals surface area contributed by atoms with Gasteiger partial charge in [-0.1, -0.05) is 18.7 Å². The van der Waals surface area contributed by atoms with Crippen molar-refractivity contribution in [3.05, 3.63) is 17.0 Å². The van der Waals surface area contributed by atoms with Gasteiger partial charge >= 0.3 is 0 Å². The Morgan fingerprint density at radius 3 is 2.20 bits per heavy atom. The Labute approximate surface area is 95.9 Å². The van der Waals surface area contributed by atoms with Crippen LogP contribution in [0.1, 0.15) is 23.9 Å². The van der Waals surface area contributed by atoms with Crippen LogP contribution in [0.25, 0.3) is 0 Å². The van der Waals surface area contributed by atoms with E-state index in [-0.39, 0.29) is 0 Å². The van der Waals surface area contributed by atoms with E-state index in [1.54, 1.807) is 11.8 Å². The molecule has 0 fully saturated rings. The molecule has 0 saturated heterocycles. The minimum Gasteiger partial charge on any atom is -0.330 e. The monoisotopic (exact) mass is 225 g/mol. The van der Waals surface area contributed by atoms with E-state index in [4.69, 9.17) is 5.73 Å². The summed E-state index contributed by atoms with van der Waals surface area (Å²) in [6.45, 7) is 8.97. The van der Waals surface area contributed by atoms with Gasteiger partial charge in [0.1, 0.15) is 0 Å². The second-order valence-corrected chi connectivity index (χ2v) is 4.94. The largest absolute Gasteiger partial charge is 0.330 e. The second kappa shape index (κ2) is 5.47. The van der Waals surface area contributed by atoms with Crippen LogP contribution in [0.15, 0.2) is 5.16 Å². The normalized spacial score (nSPS) is 12.9. The lowest BCUT2D eigenvalue weighted by Gasteiger charge is -2.09. The lowest BCUT2D eigenvalue weighted by Crippen LogP contribution is -2.13. The maximum atomic E-state index is 5.57. The predicted octanol–water partition coefficient (Wildman–Crippen LogP) is 2.09. The zero-order valence-corrected chi connectivity index (χ0v) is 10.7. The van der Waals surface area contributed by atoms with Gasteiger partial charge in [0.2, 0.25) is 0 Å². The maximum absolute atomic E-state index is 5.57. The molecule has 15 heavy (non-hydrogen) atoms. The lowest BCUT2D eigenvalue weighted by atomic mass is 10.2. The molecule has 1 heterocycles. The number of nitrogens with zero attached hydrogens (tertiary/aromatic N) is 2. The second-order valence-electron chi connectivity index (χ2n) is 3.95. The molecule has 0 amide bonds. The summed E-state index contributed by atoms with van der Waals surface area (Å²) < 4.78 is 0. The van der Waals surface area contributed by atoms with Crippen LogP contribution in [0, 0.1) is 26.7 Å². The van der Waals surface area contributed by atoms with Crippen LogP contribution < -0.4 is 5.73 Å². The highest BCUT2D eigenvalue weighted by atomic mass is 32.2. The Morgan fingerprint density at radius 2 is 1.73 bits per heavy atom. The van der Waals surface area contributed by atoms with Crippen molar-refractivity contribution in [2.24, 2.45) is 11.7 Å². The van der Waals surface area contributed by atoms with E-state index < -0.39 is 0 Å². The molecule has 1 atom stereocenters. The smallest absolute Gasteiger partial charge is 0.188 e. The van der Waals surface area contributed by atoms with Crippen molar-refractivity contribution in [1.82, 2.24) is 9.97 Å². The third-order valence-electron chi connectivity index (χ3n) is 2.51. The minimum atomic E-state index is 0.514. The summed E-state index contributed by atoms with van der Waals surface area (Å²) in [5, 5.41) is 0.871. The molecule has 0 aliphatic heterocycles. The van der Waals surface area contributed by atoms with Crippen molar-refractivity contribution in [2.45, 2.75) is 32.9 Å². The molecule has 0 saturated carbocycles. The Hall–Kier alpha value is -0.610. The van der Waals surface area contributed by atoms with Crippen molar-refractivity contribution in [3.63, 3.8) is 0 Å². The van der Waals surface area contributed by atoms with Crippen LogP contribution in [0.5, 0.6) is 0 Å². The van der Waals surface area contributed by atoms with Gasteiger partial charge in [-0.25, -0.2) is 9.97 Å². The van der Waals surface area contributed by atoms with Crippen LogP contribution in [0.3, 0.4) is 0 Å². The molecule has 1 aromatic heterocycles. The molecule has 1 rings (SSSR count). The molecule has 0 spiro atoms. The molecular formula is C11H19N3S. The van der Waals surface area contributed by atoms with Crippen molar-refractivity contribution >= 4 is 11.8 Å². The Balaban J connectivity index is 2.70. The zero-order chi connectivity index (χ0) is 11.4. The van der Waals surface area contributed by atoms with E-state index >= 15 is 0 Å². The topological polar surface area (TPSA) is 51.8 Å². The summed E-state index contributed by atoms with van der Waals surface area (Å²) in [6.07, 6.45) is 0. The number of hydrogen-bond acceptors (Lipinski definition) is 4. The summed E-state index contributed by atoms with van der Waals surface area (Å²) >= 11 is 1.69. The molecule has 0 aliphatic carbocycles. The molecule has 0 radical (unpaired) electrons. The molecule has 84 valence electrons. The van der Waals surface area contributed by atoms with Gasteiger partial charge in [-0.05, 0) is 38.8 Å². The highest BCUT2D eigenvalue weighted by Gasteiger charge is 2.06. The highest BCUT2D eigenvalue weighted by Crippen LogP contribution is 2.19. The first-order valence-corrected chi connectivity index (χ1v) is 6.17. The summed E-state index contributed by atoms with van der Waals surface area (Å²) in [7, 11) is 0. The first kappa shape index (κ1) is 12.5. The van der Waals surface area contributed by atoms with E-state index in [0.717, 1.165) is 28.8 Å². The molecule has 0 aliphatic rings. The fraction of sp³-hybridized carbons (Fsp3) is 0.636. The van der Waals surface area contributed by atoms with Gasteiger partial charge in [0.25, 0.3) is 0 Å². The van der Waals surface area contributed by atoms with Crippen molar-refractivity contribution in [2.75, 3.05) is 12.3 Å². The molecule has 4 heteroatoms. The fourth-order valence-corrected chi connectivity index (χ4v) is 2.06. The molecule has 2 N–H and O–H groups in total. The first-order valence-electron chi connectivity index (χ1n) is 5.19. The van der Waals surface area contributed by atoms with Gasteiger partial charge in [-0.15, -0.1) is 0 Å². The molecule has 3 nitrogen and oxygen atoms in total. The molecular weight excluding hydrogens is 206 g/mol. The number of aromatic nitrogens is 2. The van der Waals surface area contributed by atoms with E-state index in [9.17, 15) is 0 Å². The van der Waals surface area contributed by atoms with Crippen LogP contribution in [-0.4, -0.2) is 22.3 Å². The standard InChI is InChI=1S/C11H19N3S/c1-7(5-12)6-15-11-13-9(3)8(2)10(4)14-11/h7H,5-6,12H2,1-4H3. The van der Waals surface area contributed by atoms with Crippen molar-refractivity contribution in [3.8, 4) is 0 Å². The number of thioether (sulfide) groups is 1. The number of rotatable bonds is 4. The van der Waals surface area contributed by atoms with Crippen LogP contribution in [0.2, 0.25) is 0 Å². The molecule has 1 unspecified atom stereocenters. The van der Waals surface area contributed by atoms with Gasteiger partial charge < -0.3 is 5.73 Å². The zero-order valence-electron chi connectivity index (χ0n) is 9.87. The van der Waals surface area contributed by atoms with Gasteiger partial charge in [-0.2, -0.15) is 0 Å². The molecule has 0 aromatic carbocycles. The van der Waals surface area contributed by atoms with E-state index in [1.165, 1.54) is 5.56 Å². The van der Waals surface area contributed by atoms with Gasteiger partial charge in [0.15, 0.2) is 5.16 Å². The van der Waals surface area contributed by atoms with Crippen LogP contribution >= 0.6 is 11.8 Å². The molecule has 1 aromatic rings. The van der Waals surface area contributed by atoms with Crippen LogP contribution in [-0.2, 0) is 0 Å². The Kier molecular flexibility index (Phi) is 4.54. The van der Waals surface area contributed by atoms with Gasteiger partial charge in [-0.3, -0.25) is 0 Å². The predicted molar refractivity (Wildman–Crippen MR) is 65.2 cm³/mol. The third-order valence-corrected chi connectivity index (χ3v) is 3.69. The van der Waals surface area contributed by atoms with Gasteiger partial charge in [0, 0.05) is 17.1 Å². The summed E-state index contributed by atoms with van der Waals surface area (Å²) in [5.74, 6) is 1.50. The van der Waals surface area contributed by atoms with E-state index in [2.05, 4.69) is 23.8 Å². The Morgan fingerprint density at radius 1 is 1.20 bits per heavy atom. The number of hydrogen-bond donors (Lipinski definition) is 1.